The van der Waals surface area contributed by atoms with Gasteiger partial charge in [0.2, 0.25) is 4.80 Å². The summed E-state index contributed by atoms with van der Waals surface area (Å²) in [5.41, 5.74) is 1.23. The molecular formula is C6H12ClN3S. The van der Waals surface area contributed by atoms with Gasteiger partial charge in [-0.15, -0.1) is 23.7 Å². The Balaban J connectivity index is 0.000001000. The number of halogens is 1. The van der Waals surface area contributed by atoms with Gasteiger partial charge in [-0.3, -0.25) is 0 Å². The number of thiazole rings is 1. The van der Waals surface area contributed by atoms with Gasteiger partial charge in [0.25, 0.3) is 0 Å². The number of nitrogens with zero attached hydrogens (tertiary/aromatic N) is 2. The zero-order valence-corrected chi connectivity index (χ0v) is 8.42. The highest BCUT2D eigenvalue weighted by Crippen LogP contribution is 2.06. The number of aromatic nitrogens is 1. The second-order valence-electron chi connectivity index (χ2n) is 2.21. The van der Waals surface area contributed by atoms with Gasteiger partial charge in [-0.1, -0.05) is 0 Å². The zero-order chi connectivity index (χ0) is 7.72. The summed E-state index contributed by atoms with van der Waals surface area (Å²) >= 11 is 1.61. The molecule has 0 atom stereocenters. The van der Waals surface area contributed by atoms with Gasteiger partial charge in [0.05, 0.1) is 0 Å². The molecule has 0 unspecified atom stereocenters. The van der Waals surface area contributed by atoms with Crippen molar-refractivity contribution in [1.82, 2.24) is 4.57 Å². The van der Waals surface area contributed by atoms with E-state index in [9.17, 15) is 0 Å². The maximum Gasteiger partial charge on any atom is 0.207 e. The zero-order valence-electron chi connectivity index (χ0n) is 6.79. The minimum atomic E-state index is 0. The second kappa shape index (κ2) is 3.78. The van der Waals surface area contributed by atoms with E-state index in [0.29, 0.717) is 0 Å². The summed E-state index contributed by atoms with van der Waals surface area (Å²) in [6, 6.07) is 0. The lowest BCUT2D eigenvalue weighted by atomic mass is 10.4. The molecular weight excluding hydrogens is 182 g/mol. The van der Waals surface area contributed by atoms with Gasteiger partial charge in [-0.05, 0) is 13.8 Å². The Kier molecular flexibility index (Phi) is 3.62. The van der Waals surface area contributed by atoms with E-state index in [4.69, 9.17) is 5.84 Å². The third-order valence-corrected chi connectivity index (χ3v) is 2.82. The van der Waals surface area contributed by atoms with Crippen molar-refractivity contribution < 1.29 is 0 Å². The molecule has 2 N–H and O–H groups in total. The molecule has 0 bridgehead atoms. The highest BCUT2D eigenvalue weighted by atomic mass is 35.5. The van der Waals surface area contributed by atoms with Gasteiger partial charge in [0.1, 0.15) is 0 Å². The van der Waals surface area contributed by atoms with Crippen molar-refractivity contribution >= 4 is 23.7 Å². The van der Waals surface area contributed by atoms with E-state index in [1.54, 1.807) is 11.3 Å². The van der Waals surface area contributed by atoms with Gasteiger partial charge in [-0.2, -0.15) is 5.10 Å². The lowest BCUT2D eigenvalue weighted by Gasteiger charge is -1.92. The molecule has 0 aliphatic rings. The number of hydrogen-bond donors (Lipinski definition) is 1. The van der Waals surface area contributed by atoms with Crippen molar-refractivity contribution in [2.45, 2.75) is 13.8 Å². The monoisotopic (exact) mass is 193 g/mol. The first kappa shape index (κ1) is 10.5. The maximum absolute atomic E-state index is 5.15. The summed E-state index contributed by atoms with van der Waals surface area (Å²) < 4.78 is 1.99. The van der Waals surface area contributed by atoms with Crippen LogP contribution in [0.2, 0.25) is 0 Å². The summed E-state index contributed by atoms with van der Waals surface area (Å²) in [4.78, 5) is 2.14. The first-order valence-corrected chi connectivity index (χ1v) is 3.85. The molecule has 1 heterocycles. The van der Waals surface area contributed by atoms with E-state index in [0.717, 1.165) is 4.80 Å². The Morgan fingerprint density at radius 2 is 2.00 bits per heavy atom. The second-order valence-corrected chi connectivity index (χ2v) is 3.40. The molecule has 64 valence electrons. The van der Waals surface area contributed by atoms with E-state index in [2.05, 4.69) is 18.9 Å². The van der Waals surface area contributed by atoms with Crippen LogP contribution in [0.3, 0.4) is 0 Å². The van der Waals surface area contributed by atoms with E-state index in [-0.39, 0.29) is 12.4 Å². The molecule has 5 heteroatoms. The topological polar surface area (TPSA) is 43.3 Å². The first-order valence-electron chi connectivity index (χ1n) is 3.03. The first-order chi connectivity index (χ1) is 4.66. The van der Waals surface area contributed by atoms with Crippen LogP contribution in [0.1, 0.15) is 10.6 Å². The number of rotatable bonds is 0. The maximum atomic E-state index is 5.15. The molecule has 0 saturated carbocycles. The van der Waals surface area contributed by atoms with Crippen LogP contribution in [0.25, 0.3) is 0 Å². The quantitative estimate of drug-likeness (QED) is 0.483. The van der Waals surface area contributed by atoms with Crippen molar-refractivity contribution in [3.63, 3.8) is 0 Å². The number of hydrogen-bond acceptors (Lipinski definition) is 3. The molecule has 0 spiro atoms. The average molecular weight is 194 g/mol. The van der Waals surface area contributed by atoms with Crippen LogP contribution in [0.5, 0.6) is 0 Å². The Bertz CT molecular complexity index is 299. The van der Waals surface area contributed by atoms with Crippen LogP contribution < -0.4 is 10.6 Å². The van der Waals surface area contributed by atoms with Gasteiger partial charge in [0.15, 0.2) is 0 Å². The predicted molar refractivity (Wildman–Crippen MR) is 49.8 cm³/mol. The summed E-state index contributed by atoms with van der Waals surface area (Å²) in [5, 5.41) is 3.63. The number of aryl methyl sites for hydroxylation is 1. The van der Waals surface area contributed by atoms with Gasteiger partial charge >= 0.3 is 0 Å². The molecule has 0 amide bonds. The van der Waals surface area contributed by atoms with Gasteiger partial charge in [-0.25, -0.2) is 0 Å². The van der Waals surface area contributed by atoms with Crippen LogP contribution in [-0.4, -0.2) is 4.57 Å². The van der Waals surface area contributed by atoms with E-state index >= 15 is 0 Å². The minimum Gasteiger partial charge on any atom is -0.323 e. The number of nitrogens with two attached hydrogens (primary N) is 1. The molecule has 1 aromatic heterocycles. The summed E-state index contributed by atoms with van der Waals surface area (Å²) in [7, 11) is 1.96. The summed E-state index contributed by atoms with van der Waals surface area (Å²) in [6.07, 6.45) is 0. The highest BCUT2D eigenvalue weighted by Gasteiger charge is 1.99. The molecule has 1 rings (SSSR count). The van der Waals surface area contributed by atoms with Crippen molar-refractivity contribution in [1.29, 1.82) is 0 Å². The van der Waals surface area contributed by atoms with Crippen molar-refractivity contribution in [2.75, 3.05) is 0 Å². The largest absolute Gasteiger partial charge is 0.323 e. The van der Waals surface area contributed by atoms with Crippen molar-refractivity contribution in [3.05, 3.63) is 15.4 Å². The molecule has 0 radical (unpaired) electrons. The molecule has 11 heavy (non-hydrogen) atoms. The molecule has 0 fully saturated rings. The van der Waals surface area contributed by atoms with Gasteiger partial charge in [0, 0.05) is 17.6 Å². The lowest BCUT2D eigenvalue weighted by molar-refractivity contribution is 0.815. The molecule has 3 nitrogen and oxygen atoms in total. The summed E-state index contributed by atoms with van der Waals surface area (Å²) in [5.74, 6) is 5.15. The SMILES string of the molecule is Cc1s/c(=N\N)n(C)c1C.Cl. The Morgan fingerprint density at radius 3 is 2.18 bits per heavy atom. The van der Waals surface area contributed by atoms with Crippen molar-refractivity contribution in [2.24, 2.45) is 18.0 Å². The Hall–Kier alpha value is -0.480. The van der Waals surface area contributed by atoms with Crippen LogP contribution in [0.4, 0.5) is 0 Å². The third-order valence-electron chi connectivity index (χ3n) is 1.65. The fraction of sp³-hybridized carbons (Fsp3) is 0.500. The van der Waals surface area contributed by atoms with Crippen LogP contribution in [0, 0.1) is 13.8 Å². The standard InChI is InChI=1S/C6H11N3S.ClH/c1-4-5(2)10-6(8-7)9(4)3;/h7H2,1-3H3;1H/b8-6-;. The molecule has 1 aromatic rings. The van der Waals surface area contributed by atoms with Crippen LogP contribution in [-0.2, 0) is 7.05 Å². The molecule has 0 aliphatic heterocycles. The Morgan fingerprint density at radius 1 is 1.45 bits per heavy atom. The van der Waals surface area contributed by atoms with Crippen LogP contribution in [0.15, 0.2) is 5.10 Å². The molecule has 0 aromatic carbocycles. The van der Waals surface area contributed by atoms with Gasteiger partial charge < -0.3 is 10.4 Å². The average Bonchev–Trinajstić information content (AvgIpc) is 2.17. The van der Waals surface area contributed by atoms with Crippen molar-refractivity contribution in [3.8, 4) is 0 Å². The highest BCUT2D eigenvalue weighted by molar-refractivity contribution is 7.09. The fourth-order valence-electron chi connectivity index (χ4n) is 0.772. The summed E-state index contributed by atoms with van der Waals surface area (Å²) in [6.45, 7) is 4.12. The van der Waals surface area contributed by atoms with E-state index < -0.39 is 0 Å². The molecule has 0 saturated heterocycles. The molecule has 0 aliphatic carbocycles. The van der Waals surface area contributed by atoms with E-state index in [1.165, 1.54) is 10.6 Å². The lowest BCUT2D eigenvalue weighted by Crippen LogP contribution is -2.13. The Labute approximate surface area is 76.0 Å². The fourth-order valence-corrected chi connectivity index (χ4v) is 1.66. The third kappa shape index (κ3) is 1.75. The minimum absolute atomic E-state index is 0. The smallest absolute Gasteiger partial charge is 0.207 e. The predicted octanol–water partition coefficient (Wildman–Crippen LogP) is 0.900. The van der Waals surface area contributed by atoms with Crippen LogP contribution >= 0.6 is 23.7 Å². The normalized spacial score (nSPS) is 11.4. The van der Waals surface area contributed by atoms with E-state index in [1.807, 2.05) is 11.6 Å².